The number of anilines is 1. The molecule has 8 heteroatoms. The van der Waals surface area contributed by atoms with Gasteiger partial charge in [-0.15, -0.1) is 0 Å². The normalized spacial score (nSPS) is 13.9. The summed E-state index contributed by atoms with van der Waals surface area (Å²) in [7, 11) is -4.33. The molecule has 120 valence electrons. The predicted octanol–water partition coefficient (Wildman–Crippen LogP) is 2.41. The first-order valence-electron chi connectivity index (χ1n) is 6.65. The summed E-state index contributed by atoms with van der Waals surface area (Å²) in [4.78, 5) is 10.1. The van der Waals surface area contributed by atoms with Crippen LogP contribution in [-0.4, -0.2) is 26.0 Å². The molecule has 3 rings (SSSR count). The van der Waals surface area contributed by atoms with E-state index in [1.165, 1.54) is 0 Å². The van der Waals surface area contributed by atoms with Crippen molar-refractivity contribution in [3.05, 3.63) is 59.2 Å². The molecule has 1 N–H and O–H groups in total. The van der Waals surface area contributed by atoms with Crippen molar-refractivity contribution < 1.29 is 27.1 Å². The number of sulfonamides is 1. The van der Waals surface area contributed by atoms with Crippen molar-refractivity contribution >= 4 is 21.7 Å². The summed E-state index contributed by atoms with van der Waals surface area (Å²) >= 11 is 0. The Hall–Kier alpha value is -2.48. The zero-order valence-electron chi connectivity index (χ0n) is 11.7. The number of carbonyl (C=O) groups is 1. The van der Waals surface area contributed by atoms with Crippen LogP contribution >= 0.6 is 0 Å². The number of benzene rings is 2. The Bertz CT molecular complexity index is 912. The smallest absolute Gasteiger partial charge is 0.338 e. The fraction of sp³-hybridized carbons (Fsp3) is 0.133. The zero-order chi connectivity index (χ0) is 16.8. The number of para-hydroxylation sites is 1. The quantitative estimate of drug-likeness (QED) is 0.932. The molecule has 23 heavy (non-hydrogen) atoms. The lowest BCUT2D eigenvalue weighted by Crippen LogP contribution is -2.30. The average Bonchev–Trinajstić information content (AvgIpc) is 2.91. The molecule has 0 fully saturated rings. The van der Waals surface area contributed by atoms with Crippen molar-refractivity contribution in [3.63, 3.8) is 0 Å². The molecule has 2 aromatic rings. The number of aromatic carboxylic acids is 1. The number of rotatable bonds is 3. The van der Waals surface area contributed by atoms with Gasteiger partial charge in [0, 0.05) is 12.6 Å². The molecular formula is C15H11F2NO4S. The fourth-order valence-corrected chi connectivity index (χ4v) is 4.15. The molecule has 1 aliphatic heterocycles. The lowest BCUT2D eigenvalue weighted by atomic mass is 10.2. The maximum absolute atomic E-state index is 14.0. The molecule has 0 saturated carbocycles. The topological polar surface area (TPSA) is 74.7 Å². The molecule has 0 unspecified atom stereocenters. The van der Waals surface area contributed by atoms with Crippen LogP contribution in [0, 0.1) is 11.6 Å². The molecule has 0 bridgehead atoms. The van der Waals surface area contributed by atoms with Crippen LogP contribution in [-0.2, 0) is 16.4 Å². The minimum absolute atomic E-state index is 0.112. The molecule has 0 spiro atoms. The summed E-state index contributed by atoms with van der Waals surface area (Å²) < 4.78 is 53.8. The van der Waals surface area contributed by atoms with Crippen molar-refractivity contribution in [2.45, 2.75) is 11.3 Å². The molecule has 0 amide bonds. The summed E-state index contributed by atoms with van der Waals surface area (Å²) in [6.07, 6.45) is 0.462. The van der Waals surface area contributed by atoms with Crippen LogP contribution in [0.3, 0.4) is 0 Å². The Morgan fingerprint density at radius 1 is 1.13 bits per heavy atom. The predicted molar refractivity (Wildman–Crippen MR) is 78.0 cm³/mol. The van der Waals surface area contributed by atoms with Gasteiger partial charge in [-0.2, -0.15) is 0 Å². The Kier molecular flexibility index (Phi) is 3.56. The van der Waals surface area contributed by atoms with E-state index in [9.17, 15) is 22.0 Å². The molecule has 0 atom stereocenters. The molecule has 1 aliphatic rings. The van der Waals surface area contributed by atoms with Crippen LogP contribution in [0.1, 0.15) is 15.9 Å². The van der Waals surface area contributed by atoms with E-state index < -0.39 is 38.1 Å². The largest absolute Gasteiger partial charge is 0.478 e. The van der Waals surface area contributed by atoms with E-state index in [1.807, 2.05) is 0 Å². The Labute approximate surface area is 130 Å². The van der Waals surface area contributed by atoms with Crippen LogP contribution in [0.5, 0.6) is 0 Å². The first kappa shape index (κ1) is 15.4. The van der Waals surface area contributed by atoms with Gasteiger partial charge in [0.25, 0.3) is 10.0 Å². The van der Waals surface area contributed by atoms with E-state index in [0.29, 0.717) is 18.2 Å². The molecule has 0 saturated heterocycles. The first-order chi connectivity index (χ1) is 10.8. The number of fused-ring (bicyclic) bond motifs is 1. The number of hydrogen-bond acceptors (Lipinski definition) is 3. The molecule has 0 aliphatic carbocycles. The molecular weight excluding hydrogens is 328 g/mol. The van der Waals surface area contributed by atoms with Crippen molar-refractivity contribution in [3.8, 4) is 0 Å². The monoisotopic (exact) mass is 339 g/mol. The van der Waals surface area contributed by atoms with Crippen molar-refractivity contribution in [1.82, 2.24) is 0 Å². The molecule has 0 radical (unpaired) electrons. The second-order valence-corrected chi connectivity index (χ2v) is 6.85. The number of hydrogen-bond donors (Lipinski definition) is 1. The summed E-state index contributed by atoms with van der Waals surface area (Å²) in [5.74, 6) is -4.31. The van der Waals surface area contributed by atoms with Gasteiger partial charge in [-0.05, 0) is 24.1 Å². The van der Waals surface area contributed by atoms with Gasteiger partial charge in [-0.1, -0.05) is 18.2 Å². The van der Waals surface area contributed by atoms with Gasteiger partial charge in [-0.25, -0.2) is 22.0 Å². The summed E-state index contributed by atoms with van der Waals surface area (Å²) in [6, 6.07) is 7.54. The van der Waals surface area contributed by atoms with E-state index in [0.717, 1.165) is 9.87 Å². The average molecular weight is 339 g/mol. The van der Waals surface area contributed by atoms with E-state index in [-0.39, 0.29) is 12.6 Å². The number of carboxylic acids is 1. The third-order valence-electron chi connectivity index (χ3n) is 3.66. The highest BCUT2D eigenvalue weighted by Gasteiger charge is 2.33. The SMILES string of the molecule is O=C(O)c1cc(S(=O)(=O)N2CCc3ccccc32)c(F)cc1F. The number of carboxylic acid groups (broad SMARTS) is 1. The summed E-state index contributed by atoms with van der Waals surface area (Å²) in [5, 5.41) is 8.90. The van der Waals surface area contributed by atoms with Gasteiger partial charge in [0.05, 0.1) is 11.3 Å². The van der Waals surface area contributed by atoms with Crippen molar-refractivity contribution in [1.29, 1.82) is 0 Å². The maximum atomic E-state index is 14.0. The number of nitrogens with zero attached hydrogens (tertiary/aromatic N) is 1. The van der Waals surface area contributed by atoms with Crippen molar-refractivity contribution in [2.24, 2.45) is 0 Å². The molecule has 1 heterocycles. The van der Waals surface area contributed by atoms with Crippen LogP contribution in [0.2, 0.25) is 0 Å². The highest BCUT2D eigenvalue weighted by molar-refractivity contribution is 7.92. The second-order valence-electron chi connectivity index (χ2n) is 5.02. The van der Waals surface area contributed by atoms with Crippen molar-refractivity contribution in [2.75, 3.05) is 10.8 Å². The van der Waals surface area contributed by atoms with E-state index >= 15 is 0 Å². The summed E-state index contributed by atoms with van der Waals surface area (Å²) in [5.41, 5.74) is 0.308. The molecule has 5 nitrogen and oxygen atoms in total. The number of halogens is 2. The molecule has 2 aromatic carbocycles. The lowest BCUT2D eigenvalue weighted by molar-refractivity contribution is 0.0691. The van der Waals surface area contributed by atoms with Gasteiger partial charge >= 0.3 is 5.97 Å². The minimum Gasteiger partial charge on any atom is -0.478 e. The third kappa shape index (κ3) is 2.44. The van der Waals surface area contributed by atoms with Gasteiger partial charge in [0.15, 0.2) is 0 Å². The Morgan fingerprint density at radius 3 is 2.52 bits per heavy atom. The second kappa shape index (κ2) is 5.31. The van der Waals surface area contributed by atoms with Gasteiger partial charge in [0.1, 0.15) is 16.5 Å². The zero-order valence-corrected chi connectivity index (χ0v) is 12.5. The highest BCUT2D eigenvalue weighted by atomic mass is 32.2. The van der Waals surface area contributed by atoms with Crippen LogP contribution in [0.25, 0.3) is 0 Å². The standard InChI is InChI=1S/C15H11F2NO4S/c16-11-8-12(17)14(7-10(11)15(19)20)23(21,22)18-6-5-9-3-1-2-4-13(9)18/h1-4,7-8H,5-6H2,(H,19,20). The first-order valence-corrected chi connectivity index (χ1v) is 8.09. The van der Waals surface area contributed by atoms with Gasteiger partial charge in [0.2, 0.25) is 0 Å². The van der Waals surface area contributed by atoms with E-state index in [1.54, 1.807) is 24.3 Å². The Morgan fingerprint density at radius 2 is 1.83 bits per heavy atom. The van der Waals surface area contributed by atoms with E-state index in [4.69, 9.17) is 5.11 Å². The van der Waals surface area contributed by atoms with E-state index in [2.05, 4.69) is 0 Å². The minimum atomic E-state index is -4.33. The maximum Gasteiger partial charge on any atom is 0.338 e. The van der Waals surface area contributed by atoms with Gasteiger partial charge < -0.3 is 5.11 Å². The highest BCUT2D eigenvalue weighted by Crippen LogP contribution is 2.33. The van der Waals surface area contributed by atoms with Gasteiger partial charge in [-0.3, -0.25) is 4.31 Å². The molecule has 0 aromatic heterocycles. The van der Waals surface area contributed by atoms with Crippen LogP contribution < -0.4 is 4.31 Å². The van der Waals surface area contributed by atoms with Crippen LogP contribution in [0.4, 0.5) is 14.5 Å². The third-order valence-corrected chi connectivity index (χ3v) is 5.49. The lowest BCUT2D eigenvalue weighted by Gasteiger charge is -2.20. The van der Waals surface area contributed by atoms with Crippen LogP contribution in [0.15, 0.2) is 41.3 Å². The fourth-order valence-electron chi connectivity index (χ4n) is 2.57. The summed E-state index contributed by atoms with van der Waals surface area (Å²) in [6.45, 7) is 0.112. The Balaban J connectivity index is 2.15.